The Morgan fingerprint density at radius 2 is 2.15 bits per heavy atom. The molecule has 2 N–H and O–H groups in total. The summed E-state index contributed by atoms with van der Waals surface area (Å²) in [6.07, 6.45) is 0.500. The minimum Gasteiger partial charge on any atom is -0.434 e. The lowest BCUT2D eigenvalue weighted by atomic mass is 9.94. The van der Waals surface area contributed by atoms with Gasteiger partial charge in [-0.15, -0.1) is 0 Å². The molecule has 0 saturated carbocycles. The highest BCUT2D eigenvalue weighted by Crippen LogP contribution is 2.48. The lowest BCUT2D eigenvalue weighted by molar-refractivity contribution is -0.0507. The van der Waals surface area contributed by atoms with Crippen LogP contribution in [-0.4, -0.2) is 16.2 Å². The second kappa shape index (κ2) is 6.18. The summed E-state index contributed by atoms with van der Waals surface area (Å²) in [5, 5.41) is 0.570. The molecule has 0 saturated heterocycles. The lowest BCUT2D eigenvalue weighted by Crippen LogP contribution is -2.31. The number of alkyl halides is 2. The summed E-state index contributed by atoms with van der Waals surface area (Å²) >= 11 is 9.65. The van der Waals surface area contributed by atoms with Gasteiger partial charge in [0.15, 0.2) is 0 Å². The van der Waals surface area contributed by atoms with Crippen LogP contribution in [0.5, 0.6) is 5.75 Å². The predicted molar refractivity (Wildman–Crippen MR) is 99.8 cm³/mol. The Hall–Kier alpha value is -1.70. The molecule has 0 bridgehead atoms. The Morgan fingerprint density at radius 3 is 2.88 bits per heavy atom. The molecule has 2 heterocycles. The number of benzene rings is 2. The van der Waals surface area contributed by atoms with E-state index in [0.29, 0.717) is 27.3 Å². The van der Waals surface area contributed by atoms with Crippen molar-refractivity contribution in [2.75, 3.05) is 0 Å². The van der Waals surface area contributed by atoms with Gasteiger partial charge in [-0.1, -0.05) is 33.6 Å². The van der Waals surface area contributed by atoms with Gasteiger partial charge in [-0.25, -0.2) is 4.98 Å². The molecule has 3 aromatic rings. The minimum atomic E-state index is -2.91. The van der Waals surface area contributed by atoms with Gasteiger partial charge in [0.25, 0.3) is 0 Å². The first kappa shape index (κ1) is 17.7. The molecule has 4 nitrogen and oxygen atoms in total. The van der Waals surface area contributed by atoms with Crippen LogP contribution in [0.3, 0.4) is 0 Å². The monoisotopic (exact) mass is 441 g/mol. The highest BCUT2D eigenvalue weighted by molar-refractivity contribution is 9.10. The van der Waals surface area contributed by atoms with Gasteiger partial charge in [0.05, 0.1) is 22.6 Å². The highest BCUT2D eigenvalue weighted by atomic mass is 79.9. The molecule has 2 atom stereocenters. The van der Waals surface area contributed by atoms with Crippen LogP contribution in [0.2, 0.25) is 5.02 Å². The molecule has 136 valence electrons. The van der Waals surface area contributed by atoms with Gasteiger partial charge in [-0.2, -0.15) is 8.78 Å². The van der Waals surface area contributed by atoms with Crippen LogP contribution in [0.4, 0.5) is 8.78 Å². The quantitative estimate of drug-likeness (QED) is 0.605. The maximum atomic E-state index is 12.9. The average Bonchev–Trinajstić information content (AvgIpc) is 3.03. The average molecular weight is 443 g/mol. The van der Waals surface area contributed by atoms with Gasteiger partial charge in [0.2, 0.25) is 0 Å². The fourth-order valence-corrected chi connectivity index (χ4v) is 4.42. The SMILES string of the molecule is C[C@@]1(N)C[C@H](c2c(Br)cccc2OC(F)F)n2c1nc1ccc(Cl)cc12. The van der Waals surface area contributed by atoms with Crippen molar-refractivity contribution < 1.29 is 13.5 Å². The molecule has 26 heavy (non-hydrogen) atoms. The largest absolute Gasteiger partial charge is 0.434 e. The van der Waals surface area contributed by atoms with Crippen molar-refractivity contribution in [2.45, 2.75) is 31.5 Å². The number of aromatic nitrogens is 2. The van der Waals surface area contributed by atoms with Crippen LogP contribution >= 0.6 is 27.5 Å². The predicted octanol–water partition coefficient (Wildman–Crippen LogP) is 5.22. The third-order valence-electron chi connectivity index (χ3n) is 4.65. The fraction of sp³-hybridized carbons (Fsp3) is 0.278. The van der Waals surface area contributed by atoms with Crippen molar-refractivity contribution in [1.82, 2.24) is 9.55 Å². The summed E-state index contributed by atoms with van der Waals surface area (Å²) < 4.78 is 33.2. The highest BCUT2D eigenvalue weighted by Gasteiger charge is 2.43. The molecule has 1 aliphatic heterocycles. The zero-order valence-corrected chi connectivity index (χ0v) is 16.1. The van der Waals surface area contributed by atoms with Crippen LogP contribution in [0.15, 0.2) is 40.9 Å². The number of hydrogen-bond donors (Lipinski definition) is 1. The molecule has 0 radical (unpaired) electrons. The van der Waals surface area contributed by atoms with Gasteiger partial charge < -0.3 is 15.0 Å². The molecule has 4 rings (SSSR count). The Labute approximate surface area is 162 Å². The molecule has 0 amide bonds. The molecule has 2 aromatic carbocycles. The number of ether oxygens (including phenoxy) is 1. The molecule has 0 fully saturated rings. The van der Waals surface area contributed by atoms with E-state index in [1.165, 1.54) is 6.07 Å². The maximum Gasteiger partial charge on any atom is 0.387 e. The van der Waals surface area contributed by atoms with E-state index in [9.17, 15) is 8.78 Å². The van der Waals surface area contributed by atoms with E-state index in [2.05, 4.69) is 20.9 Å². The molecular formula is C18H15BrClF2N3O. The van der Waals surface area contributed by atoms with E-state index in [1.54, 1.807) is 18.2 Å². The molecular weight excluding hydrogens is 428 g/mol. The Kier molecular flexibility index (Phi) is 4.21. The van der Waals surface area contributed by atoms with E-state index < -0.39 is 12.2 Å². The zero-order chi connectivity index (χ0) is 18.6. The van der Waals surface area contributed by atoms with E-state index in [4.69, 9.17) is 22.1 Å². The normalized spacial score (nSPS) is 22.2. The lowest BCUT2D eigenvalue weighted by Gasteiger charge is -2.21. The molecule has 0 aliphatic carbocycles. The number of nitrogens with two attached hydrogens (primary N) is 1. The smallest absolute Gasteiger partial charge is 0.387 e. The molecule has 8 heteroatoms. The van der Waals surface area contributed by atoms with E-state index in [0.717, 1.165) is 11.0 Å². The Bertz CT molecular complexity index is 1010. The van der Waals surface area contributed by atoms with Gasteiger partial charge in [0.1, 0.15) is 11.6 Å². The van der Waals surface area contributed by atoms with Crippen molar-refractivity contribution in [3.05, 3.63) is 57.3 Å². The molecule has 1 aliphatic rings. The summed E-state index contributed by atoms with van der Waals surface area (Å²) in [7, 11) is 0. The van der Waals surface area contributed by atoms with Gasteiger partial charge in [-0.05, 0) is 43.7 Å². The summed E-state index contributed by atoms with van der Waals surface area (Å²) in [5.74, 6) is 0.811. The van der Waals surface area contributed by atoms with Crippen molar-refractivity contribution >= 4 is 38.6 Å². The number of nitrogens with zero attached hydrogens (tertiary/aromatic N) is 2. The fourth-order valence-electron chi connectivity index (χ4n) is 3.64. The van der Waals surface area contributed by atoms with Crippen molar-refractivity contribution in [2.24, 2.45) is 5.73 Å². The standard InChI is InChI=1S/C18H15BrClF2N3O/c1-18(23)8-13(15-10(19)3-2-4-14(15)26-17(21)22)25-12-7-9(20)5-6-11(12)24-16(18)25/h2-7,13,17H,8,23H2,1H3/t13-,18-/m1/s1. The third kappa shape index (κ3) is 2.78. The zero-order valence-electron chi connectivity index (χ0n) is 13.7. The molecule has 1 aromatic heterocycles. The number of fused-ring (bicyclic) bond motifs is 3. The number of halogens is 4. The number of hydrogen-bond acceptors (Lipinski definition) is 3. The Balaban J connectivity index is 1.97. The molecule has 0 unspecified atom stereocenters. The third-order valence-corrected chi connectivity index (χ3v) is 5.58. The minimum absolute atomic E-state index is 0.118. The first-order valence-corrected chi connectivity index (χ1v) is 9.15. The van der Waals surface area contributed by atoms with Crippen LogP contribution < -0.4 is 10.5 Å². The molecule has 0 spiro atoms. The van der Waals surface area contributed by atoms with Gasteiger partial charge >= 0.3 is 6.61 Å². The van der Waals surface area contributed by atoms with Crippen LogP contribution in [-0.2, 0) is 5.54 Å². The van der Waals surface area contributed by atoms with Crippen molar-refractivity contribution in [3.63, 3.8) is 0 Å². The first-order chi connectivity index (χ1) is 12.3. The summed E-state index contributed by atoms with van der Waals surface area (Å²) in [4.78, 5) is 4.66. The van der Waals surface area contributed by atoms with Gasteiger partial charge in [-0.3, -0.25) is 0 Å². The van der Waals surface area contributed by atoms with Crippen LogP contribution in [0.25, 0.3) is 11.0 Å². The summed E-state index contributed by atoms with van der Waals surface area (Å²) in [5.41, 5.74) is 7.97. The van der Waals surface area contributed by atoms with E-state index >= 15 is 0 Å². The van der Waals surface area contributed by atoms with Crippen LogP contribution in [0, 0.1) is 0 Å². The number of imidazole rings is 1. The summed E-state index contributed by atoms with van der Waals surface area (Å²) in [6.45, 7) is -1.03. The summed E-state index contributed by atoms with van der Waals surface area (Å²) in [6, 6.07) is 10.1. The van der Waals surface area contributed by atoms with Gasteiger partial charge in [0, 0.05) is 15.1 Å². The number of rotatable bonds is 3. The van der Waals surface area contributed by atoms with E-state index in [1.807, 2.05) is 23.6 Å². The second-order valence-corrected chi connectivity index (χ2v) is 7.90. The topological polar surface area (TPSA) is 53.1 Å². The van der Waals surface area contributed by atoms with Crippen molar-refractivity contribution in [1.29, 1.82) is 0 Å². The Morgan fingerprint density at radius 1 is 1.38 bits per heavy atom. The van der Waals surface area contributed by atoms with Crippen LogP contribution in [0.1, 0.15) is 30.8 Å². The van der Waals surface area contributed by atoms with Crippen molar-refractivity contribution in [3.8, 4) is 5.75 Å². The first-order valence-electron chi connectivity index (χ1n) is 7.98. The maximum absolute atomic E-state index is 12.9. The van der Waals surface area contributed by atoms with E-state index in [-0.39, 0.29) is 11.8 Å². The second-order valence-electron chi connectivity index (χ2n) is 6.61.